The highest BCUT2D eigenvalue weighted by atomic mass is 16.5. The van der Waals surface area contributed by atoms with E-state index in [1.807, 2.05) is 0 Å². The number of amides is 2. The first-order valence-electron chi connectivity index (χ1n) is 7.33. The molecule has 0 aliphatic carbocycles. The number of benzene rings is 1. The van der Waals surface area contributed by atoms with Crippen LogP contribution in [0.4, 0.5) is 0 Å². The first kappa shape index (κ1) is 17.3. The van der Waals surface area contributed by atoms with Gasteiger partial charge in [-0.3, -0.25) is 15.0 Å². The molecule has 3 N–H and O–H groups in total. The van der Waals surface area contributed by atoms with Crippen LogP contribution in [0.5, 0.6) is 11.5 Å². The van der Waals surface area contributed by atoms with Crippen molar-refractivity contribution in [3.63, 3.8) is 0 Å². The van der Waals surface area contributed by atoms with Crippen molar-refractivity contribution >= 4 is 18.0 Å². The van der Waals surface area contributed by atoms with Gasteiger partial charge < -0.3 is 14.9 Å². The molecule has 24 heavy (non-hydrogen) atoms. The number of methoxy groups -OCH3 is 2. The van der Waals surface area contributed by atoms with Crippen molar-refractivity contribution in [1.82, 2.24) is 16.3 Å². The van der Waals surface area contributed by atoms with Gasteiger partial charge in [0.2, 0.25) is 11.8 Å². The Morgan fingerprint density at radius 3 is 2.79 bits per heavy atom. The van der Waals surface area contributed by atoms with E-state index in [0.717, 1.165) is 0 Å². The summed E-state index contributed by atoms with van der Waals surface area (Å²) in [6, 6.07) is 5.26. The predicted octanol–water partition coefficient (Wildman–Crippen LogP) is 0.698. The van der Waals surface area contributed by atoms with Crippen LogP contribution in [-0.4, -0.2) is 32.2 Å². The first-order valence-corrected chi connectivity index (χ1v) is 7.33. The summed E-state index contributed by atoms with van der Waals surface area (Å²) < 4.78 is 10.4. The van der Waals surface area contributed by atoms with E-state index in [1.54, 1.807) is 25.3 Å². The maximum Gasteiger partial charge on any atom is 0.247 e. The molecule has 1 heterocycles. The van der Waals surface area contributed by atoms with E-state index in [4.69, 9.17) is 9.47 Å². The summed E-state index contributed by atoms with van der Waals surface area (Å²) in [7, 11) is 3.11. The summed E-state index contributed by atoms with van der Waals surface area (Å²) in [6.07, 6.45) is 2.01. The molecular weight excluding hydrogens is 312 g/mol. The van der Waals surface area contributed by atoms with Gasteiger partial charge in [-0.15, -0.1) is 0 Å². The Balaban J connectivity index is 1.86. The van der Waals surface area contributed by atoms with Crippen LogP contribution in [0, 0.1) is 5.92 Å². The van der Waals surface area contributed by atoms with Crippen molar-refractivity contribution in [1.29, 1.82) is 0 Å². The van der Waals surface area contributed by atoms with Crippen LogP contribution in [0.25, 0.3) is 0 Å². The lowest BCUT2D eigenvalue weighted by Crippen LogP contribution is -2.26. The smallest absolute Gasteiger partial charge is 0.247 e. The van der Waals surface area contributed by atoms with Crippen LogP contribution in [0.3, 0.4) is 0 Å². The number of hydrazone groups is 1. The molecule has 1 aromatic rings. The lowest BCUT2D eigenvalue weighted by Gasteiger charge is -2.07. The van der Waals surface area contributed by atoms with Crippen molar-refractivity contribution in [2.24, 2.45) is 11.0 Å². The molecule has 8 heteroatoms. The van der Waals surface area contributed by atoms with Crippen molar-refractivity contribution in [2.75, 3.05) is 14.2 Å². The average molecular weight is 332 g/mol. The minimum Gasteiger partial charge on any atom is -0.497 e. The van der Waals surface area contributed by atoms with Gasteiger partial charge in [-0.05, 0) is 18.6 Å². The Kier molecular flexibility index (Phi) is 5.78. The second kappa shape index (κ2) is 8.00. The second-order valence-corrected chi connectivity index (χ2v) is 5.13. The molecule has 8 nitrogen and oxygen atoms in total. The van der Waals surface area contributed by atoms with Crippen molar-refractivity contribution in [3.05, 3.63) is 36.0 Å². The molecular formula is C16H20N4O4. The molecule has 1 aliphatic heterocycles. The van der Waals surface area contributed by atoms with Crippen LogP contribution < -0.4 is 25.8 Å². The summed E-state index contributed by atoms with van der Waals surface area (Å²) in [5.74, 6) is 0.376. The molecule has 2 rings (SSSR count). The number of nitrogens with one attached hydrogen (secondary N) is 3. The summed E-state index contributed by atoms with van der Waals surface area (Å²) in [5.41, 5.74) is 8.80. The van der Waals surface area contributed by atoms with E-state index in [1.165, 1.54) is 13.3 Å². The third-order valence-corrected chi connectivity index (χ3v) is 3.58. The van der Waals surface area contributed by atoms with Gasteiger partial charge in [-0.2, -0.15) is 5.10 Å². The monoisotopic (exact) mass is 332 g/mol. The molecule has 128 valence electrons. The van der Waals surface area contributed by atoms with Crippen LogP contribution >= 0.6 is 0 Å². The average Bonchev–Trinajstić information content (AvgIpc) is 2.91. The van der Waals surface area contributed by atoms with Gasteiger partial charge in [-0.1, -0.05) is 6.58 Å². The zero-order valence-electron chi connectivity index (χ0n) is 13.6. The number of ether oxygens (including phenoxy) is 2. The summed E-state index contributed by atoms with van der Waals surface area (Å²) in [5, 5.41) is 3.90. The fourth-order valence-electron chi connectivity index (χ4n) is 2.21. The van der Waals surface area contributed by atoms with Crippen molar-refractivity contribution in [2.45, 2.75) is 12.8 Å². The van der Waals surface area contributed by atoms with Gasteiger partial charge in [0.05, 0.1) is 26.4 Å². The summed E-state index contributed by atoms with van der Waals surface area (Å²) in [4.78, 5) is 23.3. The molecule has 1 fully saturated rings. The maximum absolute atomic E-state index is 11.8. The fourth-order valence-corrected chi connectivity index (χ4v) is 2.21. The number of rotatable bonds is 7. The maximum atomic E-state index is 11.8. The van der Waals surface area contributed by atoms with E-state index < -0.39 is 5.92 Å². The molecule has 1 atom stereocenters. The number of nitrogens with zero attached hydrogens (tertiary/aromatic N) is 1. The summed E-state index contributed by atoms with van der Waals surface area (Å²) >= 11 is 0. The number of carbonyl (C=O) groups is 2. The lowest BCUT2D eigenvalue weighted by molar-refractivity contribution is -0.123. The van der Waals surface area contributed by atoms with Crippen LogP contribution in [0.1, 0.15) is 18.4 Å². The molecule has 0 spiro atoms. The molecule has 0 bridgehead atoms. The molecule has 1 aliphatic rings. The van der Waals surface area contributed by atoms with Gasteiger partial charge >= 0.3 is 0 Å². The first-order chi connectivity index (χ1) is 11.5. The Morgan fingerprint density at radius 2 is 2.17 bits per heavy atom. The highest BCUT2D eigenvalue weighted by molar-refractivity contribution is 5.86. The number of hydrazine groups is 1. The Labute approximate surface area is 139 Å². The van der Waals surface area contributed by atoms with E-state index in [9.17, 15) is 9.59 Å². The zero-order valence-corrected chi connectivity index (χ0v) is 13.6. The number of hydrogen-bond donors (Lipinski definition) is 3. The van der Waals surface area contributed by atoms with E-state index in [-0.39, 0.29) is 18.2 Å². The van der Waals surface area contributed by atoms with E-state index >= 15 is 0 Å². The Morgan fingerprint density at radius 1 is 1.38 bits per heavy atom. The molecule has 0 radical (unpaired) electrons. The fraction of sp³-hybridized carbons (Fsp3) is 0.312. The van der Waals surface area contributed by atoms with Gasteiger partial charge in [0.25, 0.3) is 0 Å². The van der Waals surface area contributed by atoms with Crippen LogP contribution in [0.15, 0.2) is 35.6 Å². The van der Waals surface area contributed by atoms with Crippen molar-refractivity contribution < 1.29 is 19.1 Å². The van der Waals surface area contributed by atoms with E-state index in [2.05, 4.69) is 28.0 Å². The van der Waals surface area contributed by atoms with Gasteiger partial charge in [0.1, 0.15) is 11.5 Å². The van der Waals surface area contributed by atoms with E-state index in [0.29, 0.717) is 29.2 Å². The molecule has 0 saturated carbocycles. The van der Waals surface area contributed by atoms with Crippen LogP contribution in [-0.2, 0) is 9.59 Å². The Bertz CT molecular complexity index is 656. The number of carbonyl (C=O) groups excluding carboxylic acids is 2. The summed E-state index contributed by atoms with van der Waals surface area (Å²) in [6.45, 7) is 3.72. The second-order valence-electron chi connectivity index (χ2n) is 5.13. The molecule has 2 amide bonds. The number of hydrogen-bond acceptors (Lipinski definition) is 6. The quantitative estimate of drug-likeness (QED) is 0.504. The minimum absolute atomic E-state index is 0.163. The van der Waals surface area contributed by atoms with Gasteiger partial charge in [-0.25, -0.2) is 5.43 Å². The zero-order chi connectivity index (χ0) is 17.5. The van der Waals surface area contributed by atoms with Gasteiger partial charge in [0, 0.05) is 23.7 Å². The van der Waals surface area contributed by atoms with Crippen molar-refractivity contribution in [3.8, 4) is 11.5 Å². The highest BCUT2D eigenvalue weighted by Gasteiger charge is 2.27. The standard InChI is InChI=1S/C16H20N4O4/c1-10-13(16(22)20-18-10)6-7-15(21)19-17-9-11-4-5-12(23-2)8-14(11)24-3/h4-5,8-9,13,18H,1,6-7H2,2-3H3,(H,19,21)(H,20,22). The SMILES string of the molecule is C=C1NNC(=O)C1CCC(=O)NN=Cc1ccc(OC)cc1OC. The molecule has 0 aromatic heterocycles. The largest absolute Gasteiger partial charge is 0.497 e. The van der Waals surface area contributed by atoms with Crippen LogP contribution in [0.2, 0.25) is 0 Å². The molecule has 1 saturated heterocycles. The third kappa shape index (κ3) is 4.25. The minimum atomic E-state index is -0.401. The Hall–Kier alpha value is -3.03. The van der Waals surface area contributed by atoms with Gasteiger partial charge in [0.15, 0.2) is 0 Å². The highest BCUT2D eigenvalue weighted by Crippen LogP contribution is 2.23. The lowest BCUT2D eigenvalue weighted by atomic mass is 10.0. The topological polar surface area (TPSA) is 101 Å². The predicted molar refractivity (Wildman–Crippen MR) is 88.4 cm³/mol. The molecule has 1 aromatic carbocycles. The molecule has 1 unspecified atom stereocenters. The normalized spacial score (nSPS) is 16.7. The third-order valence-electron chi connectivity index (χ3n) is 3.58.